The van der Waals surface area contributed by atoms with E-state index in [-0.39, 0.29) is 30.0 Å². The summed E-state index contributed by atoms with van der Waals surface area (Å²) in [5, 5.41) is 17.6. The number of nitrogens with zero attached hydrogens (tertiary/aromatic N) is 4. The Balaban J connectivity index is 0.000000206. The van der Waals surface area contributed by atoms with E-state index in [9.17, 15) is 8.78 Å². The van der Waals surface area contributed by atoms with Crippen LogP contribution in [0.1, 0.15) is 37.8 Å². The van der Waals surface area contributed by atoms with E-state index in [1.807, 2.05) is 13.8 Å². The highest BCUT2D eigenvalue weighted by molar-refractivity contribution is 6.36. The summed E-state index contributed by atoms with van der Waals surface area (Å²) >= 11 is 0. The highest BCUT2D eigenvalue weighted by atomic mass is 19.1. The number of halogens is 2. The van der Waals surface area contributed by atoms with Crippen LogP contribution in [0.25, 0.3) is 9.95 Å². The third-order valence-corrected chi connectivity index (χ3v) is 5.32. The van der Waals surface area contributed by atoms with Crippen LogP contribution < -0.4 is 0 Å². The SMILES string of the molecule is CC1(C)COB(OCc2cc(F)ccc2[N+]#N)OC1.N#[N+]c1ccc(F)cc1COB1OCCCCO1. The average molecular weight is 516 g/mol. The molecule has 194 valence electrons. The molecule has 2 aromatic carbocycles. The van der Waals surface area contributed by atoms with E-state index in [1.54, 1.807) is 0 Å². The maximum absolute atomic E-state index is 13.1. The first kappa shape index (κ1) is 28.6. The molecular formula is C23H28B2F2N4O6+2. The molecule has 0 bridgehead atoms. The first-order valence-electron chi connectivity index (χ1n) is 11.8. The van der Waals surface area contributed by atoms with E-state index < -0.39 is 26.3 Å². The standard InChI is InChI=1S/C12H15BFN2O3.C11H13BFN2O3/c1-12(2)7-18-13(19-8-12)17-6-9-5-10(14)3-4-11(9)16-15;13-10-3-4-11(15-14)9(7-10)8-18-12-16-5-1-2-6-17-12/h3-5H,6-8H2,1-2H3;3-4,7H,1-2,5-6,8H2/q2*+1. The second-order valence-corrected chi connectivity index (χ2v) is 9.18. The largest absolute Gasteiger partial charge is 0.639 e. The fourth-order valence-electron chi connectivity index (χ4n) is 3.33. The lowest BCUT2D eigenvalue weighted by atomic mass is 9.93. The van der Waals surface area contributed by atoms with Gasteiger partial charge in [0.05, 0.1) is 24.3 Å². The molecule has 14 heteroatoms. The maximum atomic E-state index is 13.1. The van der Waals surface area contributed by atoms with Crippen molar-refractivity contribution in [2.24, 2.45) is 5.41 Å². The molecule has 0 aromatic heterocycles. The molecule has 0 saturated carbocycles. The van der Waals surface area contributed by atoms with Crippen molar-refractivity contribution < 1.29 is 36.7 Å². The van der Waals surface area contributed by atoms with Gasteiger partial charge in [0.2, 0.25) is 10.8 Å². The monoisotopic (exact) mass is 516 g/mol. The Morgan fingerprint density at radius 3 is 1.65 bits per heavy atom. The van der Waals surface area contributed by atoms with Gasteiger partial charge in [0.1, 0.15) is 11.6 Å². The van der Waals surface area contributed by atoms with Crippen LogP contribution in [-0.4, -0.2) is 41.1 Å². The highest BCUT2D eigenvalue weighted by Crippen LogP contribution is 2.25. The summed E-state index contributed by atoms with van der Waals surface area (Å²) < 4.78 is 58.3. The van der Waals surface area contributed by atoms with Crippen LogP contribution in [0.4, 0.5) is 20.2 Å². The lowest BCUT2D eigenvalue weighted by molar-refractivity contribution is -0.0213. The van der Waals surface area contributed by atoms with Crippen molar-refractivity contribution in [2.75, 3.05) is 26.4 Å². The highest BCUT2D eigenvalue weighted by Gasteiger charge is 2.34. The molecule has 2 saturated heterocycles. The molecule has 2 aliphatic rings. The summed E-state index contributed by atoms with van der Waals surface area (Å²) in [7, 11) is -1.52. The molecule has 0 atom stereocenters. The molecular weight excluding hydrogens is 488 g/mol. The average Bonchev–Trinajstić information content (AvgIpc) is 3.16. The normalized spacial score (nSPS) is 17.1. The fraction of sp³-hybridized carbons (Fsp3) is 0.478. The minimum Gasteiger partial charge on any atom is -0.386 e. The topological polar surface area (TPSA) is 112 Å². The van der Waals surface area contributed by atoms with Crippen molar-refractivity contribution in [1.82, 2.24) is 0 Å². The first-order chi connectivity index (χ1) is 17.8. The maximum Gasteiger partial charge on any atom is 0.639 e. The molecule has 0 radical (unpaired) electrons. The molecule has 0 aliphatic carbocycles. The summed E-state index contributed by atoms with van der Waals surface area (Å²) in [4.78, 5) is 6.14. The molecule has 0 spiro atoms. The molecule has 4 rings (SSSR count). The zero-order valence-corrected chi connectivity index (χ0v) is 20.8. The minimum atomic E-state index is -0.775. The molecule has 2 fully saturated rings. The number of benzene rings is 2. The van der Waals surface area contributed by atoms with Gasteiger partial charge in [0.25, 0.3) is 0 Å². The zero-order chi connectivity index (χ0) is 26.7. The van der Waals surface area contributed by atoms with Crippen molar-refractivity contribution in [3.05, 3.63) is 69.1 Å². The van der Waals surface area contributed by atoms with Gasteiger partial charge >= 0.3 is 26.0 Å². The van der Waals surface area contributed by atoms with Crippen LogP contribution in [0.15, 0.2) is 36.4 Å². The minimum absolute atomic E-state index is 0.0374. The lowest BCUT2D eigenvalue weighted by Gasteiger charge is -2.31. The Morgan fingerprint density at radius 2 is 1.22 bits per heavy atom. The molecule has 2 aliphatic heterocycles. The zero-order valence-electron chi connectivity index (χ0n) is 20.8. The van der Waals surface area contributed by atoms with E-state index in [0.29, 0.717) is 37.6 Å². The van der Waals surface area contributed by atoms with E-state index in [4.69, 9.17) is 38.7 Å². The Bertz CT molecular complexity index is 1110. The van der Waals surface area contributed by atoms with Crippen LogP contribution >= 0.6 is 0 Å². The Morgan fingerprint density at radius 1 is 0.784 bits per heavy atom. The van der Waals surface area contributed by atoms with Crippen molar-refractivity contribution in [3.8, 4) is 0 Å². The van der Waals surface area contributed by atoms with E-state index in [1.165, 1.54) is 36.4 Å². The van der Waals surface area contributed by atoms with Crippen LogP contribution in [0.3, 0.4) is 0 Å². The van der Waals surface area contributed by atoms with Gasteiger partial charge in [0, 0.05) is 44.0 Å². The molecule has 37 heavy (non-hydrogen) atoms. The van der Waals surface area contributed by atoms with Gasteiger partial charge in [-0.05, 0) is 37.1 Å². The molecule has 10 nitrogen and oxygen atoms in total. The summed E-state index contributed by atoms with van der Waals surface area (Å²) in [5.74, 6) is -0.832. The first-order valence-corrected chi connectivity index (χ1v) is 11.8. The van der Waals surface area contributed by atoms with Crippen LogP contribution in [0.5, 0.6) is 0 Å². The molecule has 2 aromatic rings. The number of hydrogen-bond acceptors (Lipinski definition) is 8. The van der Waals surface area contributed by atoms with Crippen molar-refractivity contribution in [3.63, 3.8) is 0 Å². The molecule has 0 N–H and O–H groups in total. The van der Waals surface area contributed by atoms with Crippen LogP contribution in [0, 0.1) is 27.8 Å². The molecule has 2 heterocycles. The summed E-state index contributed by atoms with van der Waals surface area (Å²) in [5.41, 5.74) is 1.36. The predicted octanol–water partition coefficient (Wildman–Crippen LogP) is 5.52. The fourth-order valence-corrected chi connectivity index (χ4v) is 3.33. The van der Waals surface area contributed by atoms with Crippen LogP contribution in [0.2, 0.25) is 0 Å². The van der Waals surface area contributed by atoms with Gasteiger partial charge < -0.3 is 27.9 Å². The second kappa shape index (κ2) is 14.1. The van der Waals surface area contributed by atoms with Crippen molar-refractivity contribution in [1.29, 1.82) is 10.8 Å². The van der Waals surface area contributed by atoms with E-state index in [2.05, 4.69) is 9.95 Å². The number of rotatable bonds is 6. The molecule has 0 amide bonds. The third kappa shape index (κ3) is 9.44. The number of hydrogen-bond donors (Lipinski definition) is 0. The Hall–Kier alpha value is -2.97. The van der Waals surface area contributed by atoms with E-state index >= 15 is 0 Å². The summed E-state index contributed by atoms with van der Waals surface area (Å²) in [6.45, 7) is 6.35. The summed E-state index contributed by atoms with van der Waals surface area (Å²) in [6.07, 6.45) is 1.86. The lowest BCUT2D eigenvalue weighted by Crippen LogP contribution is -2.42. The van der Waals surface area contributed by atoms with Crippen LogP contribution in [-0.2, 0) is 41.1 Å². The van der Waals surface area contributed by atoms with Gasteiger partial charge in [-0.2, -0.15) is 0 Å². The Kier molecular flexibility index (Phi) is 10.9. The van der Waals surface area contributed by atoms with E-state index in [0.717, 1.165) is 12.8 Å². The van der Waals surface area contributed by atoms with Gasteiger partial charge in [-0.3, -0.25) is 0 Å². The van der Waals surface area contributed by atoms with Crippen molar-refractivity contribution >= 4 is 26.0 Å². The Labute approximate surface area is 214 Å². The third-order valence-electron chi connectivity index (χ3n) is 5.32. The van der Waals surface area contributed by atoms with Gasteiger partial charge in [0.15, 0.2) is 9.95 Å². The predicted molar refractivity (Wildman–Crippen MR) is 130 cm³/mol. The summed E-state index contributed by atoms with van der Waals surface area (Å²) in [6, 6.07) is 7.70. The van der Waals surface area contributed by atoms with Gasteiger partial charge in [-0.1, -0.05) is 13.8 Å². The number of diazo groups is 2. The second-order valence-electron chi connectivity index (χ2n) is 9.18. The van der Waals surface area contributed by atoms with Gasteiger partial charge in [-0.25, -0.2) is 8.78 Å². The molecule has 0 unspecified atom stereocenters. The van der Waals surface area contributed by atoms with Crippen molar-refractivity contribution in [2.45, 2.75) is 39.9 Å². The smallest absolute Gasteiger partial charge is 0.386 e. The van der Waals surface area contributed by atoms with Gasteiger partial charge in [-0.15, -0.1) is 0 Å². The quantitative estimate of drug-likeness (QED) is 0.365.